The smallest absolute Gasteiger partial charge is 0.308 e. The summed E-state index contributed by atoms with van der Waals surface area (Å²) in [5.74, 6) is -0.859. The number of hydrogen-bond acceptors (Lipinski definition) is 3. The fraction of sp³-hybridized carbons (Fsp3) is 0.417. The van der Waals surface area contributed by atoms with Gasteiger partial charge in [-0.15, -0.1) is 0 Å². The van der Waals surface area contributed by atoms with Gasteiger partial charge in [0.1, 0.15) is 5.75 Å². The van der Waals surface area contributed by atoms with Gasteiger partial charge in [0.05, 0.1) is 11.6 Å². The highest BCUT2D eigenvalue weighted by Gasteiger charge is 2.26. The first-order chi connectivity index (χ1) is 7.68. The van der Waals surface area contributed by atoms with Gasteiger partial charge >= 0.3 is 5.97 Å². The molecule has 0 aromatic heterocycles. The topological polar surface area (TPSA) is 60.8 Å². The first-order valence-electron chi connectivity index (χ1n) is 5.44. The summed E-state index contributed by atoms with van der Waals surface area (Å²) in [6.07, 6.45) is 1.57. The van der Waals surface area contributed by atoms with Crippen molar-refractivity contribution < 1.29 is 15.0 Å². The van der Waals surface area contributed by atoms with Crippen molar-refractivity contribution in [3.05, 3.63) is 24.3 Å². The molecule has 0 spiro atoms. The monoisotopic (exact) mass is 221 g/mol. The molecular weight excluding hydrogens is 206 g/mol. The third kappa shape index (κ3) is 2.10. The second kappa shape index (κ2) is 4.43. The van der Waals surface area contributed by atoms with Gasteiger partial charge < -0.3 is 15.1 Å². The van der Waals surface area contributed by atoms with Gasteiger partial charge in [0.25, 0.3) is 0 Å². The van der Waals surface area contributed by atoms with E-state index in [0.717, 1.165) is 25.1 Å². The first-order valence-corrected chi connectivity index (χ1v) is 5.44. The minimum absolute atomic E-state index is 0.216. The van der Waals surface area contributed by atoms with Gasteiger partial charge in [0, 0.05) is 13.1 Å². The number of para-hydroxylation sites is 2. The number of rotatable bonds is 2. The summed E-state index contributed by atoms with van der Waals surface area (Å²) in [6.45, 7) is 1.29. The molecule has 86 valence electrons. The van der Waals surface area contributed by atoms with E-state index in [1.807, 2.05) is 17.0 Å². The fourth-order valence-corrected chi connectivity index (χ4v) is 2.13. The number of phenols is 1. The number of phenolic OH excluding ortho intramolecular Hbond substituents is 1. The zero-order valence-corrected chi connectivity index (χ0v) is 8.97. The van der Waals surface area contributed by atoms with Crippen LogP contribution in [0.5, 0.6) is 5.75 Å². The highest BCUT2D eigenvalue weighted by atomic mass is 16.4. The summed E-state index contributed by atoms with van der Waals surface area (Å²) in [7, 11) is 0. The van der Waals surface area contributed by atoms with Gasteiger partial charge in [-0.2, -0.15) is 0 Å². The van der Waals surface area contributed by atoms with E-state index in [9.17, 15) is 9.90 Å². The quantitative estimate of drug-likeness (QED) is 0.797. The Labute approximate surface area is 94.1 Å². The van der Waals surface area contributed by atoms with Crippen LogP contribution in [-0.2, 0) is 4.79 Å². The van der Waals surface area contributed by atoms with Crippen molar-refractivity contribution in [2.75, 3.05) is 18.0 Å². The standard InChI is InChI=1S/C12H15NO3/c14-11-6-2-1-5-10(11)13-7-3-4-9(8-13)12(15)16/h1-2,5-6,9,14H,3-4,7-8H2,(H,15,16). The third-order valence-corrected chi connectivity index (χ3v) is 2.99. The van der Waals surface area contributed by atoms with Crippen LogP contribution in [0.4, 0.5) is 5.69 Å². The summed E-state index contributed by atoms with van der Waals surface area (Å²) in [5, 5.41) is 18.7. The van der Waals surface area contributed by atoms with Gasteiger partial charge in [0.15, 0.2) is 0 Å². The number of carboxylic acids is 1. The van der Waals surface area contributed by atoms with Gasteiger partial charge in [-0.25, -0.2) is 0 Å². The average molecular weight is 221 g/mol. The summed E-state index contributed by atoms with van der Waals surface area (Å²) < 4.78 is 0. The molecule has 0 aliphatic carbocycles. The Hall–Kier alpha value is -1.71. The molecule has 1 aliphatic heterocycles. The Balaban J connectivity index is 2.16. The molecule has 1 aliphatic rings. The van der Waals surface area contributed by atoms with Crippen LogP contribution >= 0.6 is 0 Å². The molecule has 1 atom stereocenters. The van der Waals surface area contributed by atoms with Crippen LogP contribution in [0.3, 0.4) is 0 Å². The van der Waals surface area contributed by atoms with Crippen LogP contribution in [0.2, 0.25) is 0 Å². The molecule has 16 heavy (non-hydrogen) atoms. The SMILES string of the molecule is O=C(O)C1CCCN(c2ccccc2O)C1. The minimum atomic E-state index is -0.750. The molecule has 4 nitrogen and oxygen atoms in total. The lowest BCUT2D eigenvalue weighted by molar-refractivity contribution is -0.141. The number of aliphatic carboxylic acids is 1. The summed E-state index contributed by atoms with van der Waals surface area (Å²) in [4.78, 5) is 12.9. The Morgan fingerprint density at radius 2 is 2.12 bits per heavy atom. The average Bonchev–Trinajstić information content (AvgIpc) is 2.30. The molecule has 1 heterocycles. The van der Waals surface area contributed by atoms with Gasteiger partial charge in [-0.3, -0.25) is 4.79 Å². The van der Waals surface area contributed by atoms with Gasteiger partial charge in [-0.1, -0.05) is 12.1 Å². The Morgan fingerprint density at radius 3 is 2.81 bits per heavy atom. The number of nitrogens with zero attached hydrogens (tertiary/aromatic N) is 1. The number of hydrogen-bond donors (Lipinski definition) is 2. The van der Waals surface area contributed by atoms with Crippen molar-refractivity contribution in [3.63, 3.8) is 0 Å². The molecule has 1 saturated heterocycles. The molecule has 2 rings (SSSR count). The van der Waals surface area contributed by atoms with Gasteiger partial charge in [0.2, 0.25) is 0 Å². The van der Waals surface area contributed by atoms with Crippen molar-refractivity contribution in [1.29, 1.82) is 0 Å². The van der Waals surface area contributed by atoms with E-state index in [1.54, 1.807) is 12.1 Å². The molecule has 0 bridgehead atoms. The maximum atomic E-state index is 10.9. The molecular formula is C12H15NO3. The zero-order chi connectivity index (χ0) is 11.5. The lowest BCUT2D eigenvalue weighted by Crippen LogP contribution is -2.38. The molecule has 0 amide bonds. The van der Waals surface area contributed by atoms with E-state index in [2.05, 4.69) is 0 Å². The lowest BCUT2D eigenvalue weighted by atomic mass is 9.98. The first kappa shape index (κ1) is 10.8. The van der Waals surface area contributed by atoms with E-state index >= 15 is 0 Å². The van der Waals surface area contributed by atoms with Crippen molar-refractivity contribution in [2.45, 2.75) is 12.8 Å². The molecule has 1 fully saturated rings. The van der Waals surface area contributed by atoms with Crippen molar-refractivity contribution >= 4 is 11.7 Å². The molecule has 2 N–H and O–H groups in total. The predicted molar refractivity (Wildman–Crippen MR) is 60.7 cm³/mol. The van der Waals surface area contributed by atoms with Crippen molar-refractivity contribution in [3.8, 4) is 5.75 Å². The minimum Gasteiger partial charge on any atom is -0.506 e. The van der Waals surface area contributed by atoms with Crippen molar-refractivity contribution in [2.24, 2.45) is 5.92 Å². The fourth-order valence-electron chi connectivity index (χ4n) is 2.13. The van der Waals surface area contributed by atoms with Crippen LogP contribution in [0.1, 0.15) is 12.8 Å². The number of aromatic hydroxyl groups is 1. The number of carbonyl (C=O) groups is 1. The van der Waals surface area contributed by atoms with E-state index in [-0.39, 0.29) is 11.7 Å². The number of piperidine rings is 1. The highest BCUT2D eigenvalue weighted by Crippen LogP contribution is 2.30. The number of benzene rings is 1. The largest absolute Gasteiger partial charge is 0.506 e. The number of anilines is 1. The summed E-state index contributed by atoms with van der Waals surface area (Å²) >= 11 is 0. The second-order valence-electron chi connectivity index (χ2n) is 4.11. The second-order valence-corrected chi connectivity index (χ2v) is 4.11. The van der Waals surface area contributed by atoms with Crippen molar-refractivity contribution in [1.82, 2.24) is 0 Å². The molecule has 4 heteroatoms. The number of carboxylic acid groups (broad SMARTS) is 1. The molecule has 1 aromatic carbocycles. The van der Waals surface area contributed by atoms with E-state index in [4.69, 9.17) is 5.11 Å². The van der Waals surface area contributed by atoms with Gasteiger partial charge in [-0.05, 0) is 25.0 Å². The molecule has 1 unspecified atom stereocenters. The molecule has 0 saturated carbocycles. The predicted octanol–water partition coefficient (Wildman–Crippen LogP) is 1.69. The van der Waals surface area contributed by atoms with E-state index in [1.165, 1.54) is 0 Å². The zero-order valence-electron chi connectivity index (χ0n) is 8.97. The van der Waals surface area contributed by atoms with E-state index < -0.39 is 5.97 Å². The Kier molecular flexibility index (Phi) is 2.99. The van der Waals surface area contributed by atoms with Crippen LogP contribution in [0.25, 0.3) is 0 Å². The van der Waals surface area contributed by atoms with E-state index in [0.29, 0.717) is 6.54 Å². The molecule has 0 radical (unpaired) electrons. The van der Waals surface area contributed by atoms with Crippen LogP contribution in [0.15, 0.2) is 24.3 Å². The maximum absolute atomic E-state index is 10.9. The summed E-state index contributed by atoms with van der Waals surface area (Å²) in [6, 6.07) is 7.05. The summed E-state index contributed by atoms with van der Waals surface area (Å²) in [5.41, 5.74) is 0.730. The Bertz CT molecular complexity index is 392. The van der Waals surface area contributed by atoms with Crippen LogP contribution in [-0.4, -0.2) is 29.3 Å². The maximum Gasteiger partial charge on any atom is 0.308 e. The highest BCUT2D eigenvalue weighted by molar-refractivity contribution is 5.71. The van der Waals surface area contributed by atoms with Crippen LogP contribution < -0.4 is 4.90 Å². The lowest BCUT2D eigenvalue weighted by Gasteiger charge is -2.32. The third-order valence-electron chi connectivity index (χ3n) is 2.99. The Morgan fingerprint density at radius 1 is 1.38 bits per heavy atom. The normalized spacial score (nSPS) is 20.8. The van der Waals surface area contributed by atoms with Crippen LogP contribution in [0, 0.1) is 5.92 Å². The molecule has 1 aromatic rings.